The largest absolute Gasteiger partial charge is 0.435 e. The van der Waals surface area contributed by atoms with E-state index in [0.29, 0.717) is 24.1 Å². The highest BCUT2D eigenvalue weighted by Gasteiger charge is 2.30. The fraction of sp³-hybridized carbons (Fsp3) is 0.296. The van der Waals surface area contributed by atoms with E-state index in [-0.39, 0.29) is 11.7 Å². The van der Waals surface area contributed by atoms with Gasteiger partial charge in [-0.1, -0.05) is 54.1 Å². The number of carbonyl (C=O) groups excluding carboxylic acids is 1. The predicted octanol–water partition coefficient (Wildman–Crippen LogP) is 6.21. The molecule has 3 rings (SSSR count). The first-order valence-electron chi connectivity index (χ1n) is 11.3. The number of likely N-dealkylation sites (N-methyl/N-ethyl adjacent to an activating group) is 1. The van der Waals surface area contributed by atoms with E-state index in [1.807, 2.05) is 31.2 Å². The van der Waals surface area contributed by atoms with Crippen LogP contribution in [0.5, 0.6) is 5.75 Å². The van der Waals surface area contributed by atoms with Crippen LogP contribution in [0.15, 0.2) is 72.8 Å². The van der Waals surface area contributed by atoms with Crippen LogP contribution < -0.4 is 15.4 Å². The molecule has 0 fully saturated rings. The number of aryl methyl sites for hydroxylation is 1. The van der Waals surface area contributed by atoms with Gasteiger partial charge in [0.15, 0.2) is 0 Å². The molecule has 0 aliphatic rings. The normalized spacial score (nSPS) is 13.3. The van der Waals surface area contributed by atoms with Crippen molar-refractivity contribution in [3.8, 4) is 5.75 Å². The minimum Gasteiger partial charge on any atom is -0.435 e. The smallest absolute Gasteiger partial charge is 0.416 e. The summed E-state index contributed by atoms with van der Waals surface area (Å²) in [5.41, 5.74) is 2.20. The number of ether oxygens (including phenoxy) is 1. The molecule has 2 atom stereocenters. The average Bonchev–Trinajstić information content (AvgIpc) is 2.84. The first kappa shape index (κ1) is 27.1. The number of benzene rings is 3. The van der Waals surface area contributed by atoms with Crippen LogP contribution in [0.2, 0.25) is 0 Å². The molecule has 2 N–H and O–H groups in total. The van der Waals surface area contributed by atoms with Gasteiger partial charge in [-0.25, -0.2) is 0 Å². The Hall–Kier alpha value is -3.46. The number of hydrogen-bond acceptors (Lipinski definition) is 3. The average molecular weight is 507 g/mol. The van der Waals surface area contributed by atoms with Crippen molar-refractivity contribution < 1.29 is 31.5 Å². The number of hydrogen-bond donors (Lipinski definition) is 2. The van der Waals surface area contributed by atoms with E-state index in [9.17, 15) is 26.7 Å². The molecule has 1 amide bonds. The molecule has 36 heavy (non-hydrogen) atoms. The Balaban J connectivity index is 1.86. The molecule has 192 valence electrons. The van der Waals surface area contributed by atoms with Crippen molar-refractivity contribution in [2.75, 3.05) is 13.6 Å². The lowest BCUT2D eigenvalue weighted by Crippen LogP contribution is -2.36. The highest BCUT2D eigenvalue weighted by molar-refractivity contribution is 5.82. The standard InChI is InChI=1S/C27H27F5N2O2/c1-17-6-8-19(9-7-17)24(25(35)33-2)34-15-14-23(18-10-12-21(13-11-18)27(30,31)32)20-4-3-5-22(16-20)36-26(28)29/h3-13,16,23-24,26,34H,14-15H2,1-2H3,(H,33,35)/t23-,24+/m1/s1. The van der Waals surface area contributed by atoms with Crippen LogP contribution in [-0.2, 0) is 11.0 Å². The number of alkyl halides is 5. The van der Waals surface area contributed by atoms with Gasteiger partial charge in [0.05, 0.1) is 5.56 Å². The Morgan fingerprint density at radius 3 is 2.14 bits per heavy atom. The van der Waals surface area contributed by atoms with Gasteiger partial charge in [-0.15, -0.1) is 0 Å². The number of nitrogens with one attached hydrogen (secondary N) is 2. The summed E-state index contributed by atoms with van der Waals surface area (Å²) in [7, 11) is 1.53. The van der Waals surface area contributed by atoms with Crippen LogP contribution >= 0.6 is 0 Å². The van der Waals surface area contributed by atoms with E-state index in [1.54, 1.807) is 12.1 Å². The third-order valence-corrected chi connectivity index (χ3v) is 5.83. The minimum absolute atomic E-state index is 0.0461. The van der Waals surface area contributed by atoms with Gasteiger partial charge in [0, 0.05) is 13.0 Å². The van der Waals surface area contributed by atoms with E-state index >= 15 is 0 Å². The Kier molecular flexibility index (Phi) is 9.03. The number of halogens is 5. The van der Waals surface area contributed by atoms with Crippen LogP contribution in [0.1, 0.15) is 46.2 Å². The second-order valence-electron chi connectivity index (χ2n) is 8.32. The summed E-state index contributed by atoms with van der Waals surface area (Å²) >= 11 is 0. The van der Waals surface area contributed by atoms with E-state index in [0.717, 1.165) is 23.3 Å². The molecule has 0 unspecified atom stereocenters. The highest BCUT2D eigenvalue weighted by atomic mass is 19.4. The molecule has 0 saturated heterocycles. The monoisotopic (exact) mass is 506 g/mol. The maximum atomic E-state index is 13.1. The van der Waals surface area contributed by atoms with Crippen molar-refractivity contribution in [1.82, 2.24) is 10.6 Å². The molecular formula is C27H27F5N2O2. The summed E-state index contributed by atoms with van der Waals surface area (Å²) in [6, 6.07) is 17.7. The summed E-state index contributed by atoms with van der Waals surface area (Å²) in [5.74, 6) is -0.725. The lowest BCUT2D eigenvalue weighted by Gasteiger charge is -2.23. The summed E-state index contributed by atoms with van der Waals surface area (Å²) < 4.78 is 69.2. The third-order valence-electron chi connectivity index (χ3n) is 5.83. The Bertz CT molecular complexity index is 1130. The molecule has 0 radical (unpaired) electrons. The van der Waals surface area contributed by atoms with Gasteiger partial charge >= 0.3 is 12.8 Å². The maximum Gasteiger partial charge on any atom is 0.416 e. The van der Waals surface area contributed by atoms with Crippen LogP contribution in [0.3, 0.4) is 0 Å². The third kappa shape index (κ3) is 7.27. The fourth-order valence-electron chi connectivity index (χ4n) is 3.97. The van der Waals surface area contributed by atoms with Gasteiger partial charge in [-0.3, -0.25) is 4.79 Å². The summed E-state index contributed by atoms with van der Waals surface area (Å²) in [4.78, 5) is 12.5. The van der Waals surface area contributed by atoms with E-state index in [4.69, 9.17) is 0 Å². The summed E-state index contributed by atoms with van der Waals surface area (Å²) in [6.07, 6.45) is -4.10. The van der Waals surface area contributed by atoms with Gasteiger partial charge in [-0.05, 0) is 60.8 Å². The number of amides is 1. The molecule has 4 nitrogen and oxygen atoms in total. The lowest BCUT2D eigenvalue weighted by atomic mass is 9.87. The number of rotatable bonds is 10. The van der Waals surface area contributed by atoms with Crippen molar-refractivity contribution >= 4 is 5.91 Å². The SMILES string of the molecule is CNC(=O)[C@@H](NCC[C@H](c1ccc(C(F)(F)F)cc1)c1cccc(OC(F)F)c1)c1ccc(C)cc1. The van der Waals surface area contributed by atoms with Crippen LogP contribution in [-0.4, -0.2) is 26.1 Å². The van der Waals surface area contributed by atoms with E-state index in [1.165, 1.54) is 31.3 Å². The Labute approximate surface area is 206 Å². The second-order valence-corrected chi connectivity index (χ2v) is 8.32. The lowest BCUT2D eigenvalue weighted by molar-refractivity contribution is -0.137. The molecule has 0 heterocycles. The first-order chi connectivity index (χ1) is 17.1. The van der Waals surface area contributed by atoms with Crippen molar-refractivity contribution in [3.63, 3.8) is 0 Å². The van der Waals surface area contributed by atoms with Crippen LogP contribution in [0, 0.1) is 6.92 Å². The zero-order valence-corrected chi connectivity index (χ0v) is 19.8. The molecule has 9 heteroatoms. The van der Waals surface area contributed by atoms with Gasteiger partial charge in [-0.2, -0.15) is 22.0 Å². The quantitative estimate of drug-likeness (QED) is 0.321. The molecule has 0 bridgehead atoms. The molecule has 0 aromatic heterocycles. The topological polar surface area (TPSA) is 50.4 Å². The van der Waals surface area contributed by atoms with Gasteiger partial charge in [0.25, 0.3) is 0 Å². The van der Waals surface area contributed by atoms with E-state index in [2.05, 4.69) is 15.4 Å². The number of carbonyl (C=O) groups is 1. The van der Waals surface area contributed by atoms with E-state index < -0.39 is 30.3 Å². The Morgan fingerprint density at radius 1 is 0.917 bits per heavy atom. The molecular weight excluding hydrogens is 479 g/mol. The van der Waals surface area contributed by atoms with Gasteiger partial charge in [0.1, 0.15) is 11.8 Å². The zero-order chi connectivity index (χ0) is 26.3. The minimum atomic E-state index is -4.48. The fourth-order valence-corrected chi connectivity index (χ4v) is 3.97. The molecule has 0 spiro atoms. The molecule has 3 aromatic carbocycles. The molecule has 0 aliphatic carbocycles. The molecule has 3 aromatic rings. The first-order valence-corrected chi connectivity index (χ1v) is 11.3. The Morgan fingerprint density at radius 2 is 1.56 bits per heavy atom. The molecule has 0 saturated carbocycles. The zero-order valence-electron chi connectivity index (χ0n) is 19.8. The van der Waals surface area contributed by atoms with Crippen LogP contribution in [0.4, 0.5) is 22.0 Å². The molecule has 0 aliphatic heterocycles. The maximum absolute atomic E-state index is 13.1. The van der Waals surface area contributed by atoms with Gasteiger partial charge < -0.3 is 15.4 Å². The van der Waals surface area contributed by atoms with Crippen molar-refractivity contribution in [2.45, 2.75) is 38.1 Å². The second kappa shape index (κ2) is 12.0. The summed E-state index contributed by atoms with van der Waals surface area (Å²) in [6.45, 7) is -0.751. The van der Waals surface area contributed by atoms with Crippen molar-refractivity contribution in [3.05, 3.63) is 101 Å². The predicted molar refractivity (Wildman–Crippen MR) is 127 cm³/mol. The van der Waals surface area contributed by atoms with Crippen molar-refractivity contribution in [1.29, 1.82) is 0 Å². The summed E-state index contributed by atoms with van der Waals surface area (Å²) in [5, 5.41) is 5.85. The van der Waals surface area contributed by atoms with Gasteiger partial charge in [0.2, 0.25) is 5.91 Å². The highest BCUT2D eigenvalue weighted by Crippen LogP contribution is 2.34. The van der Waals surface area contributed by atoms with Crippen molar-refractivity contribution in [2.24, 2.45) is 0 Å². The van der Waals surface area contributed by atoms with Crippen LogP contribution in [0.25, 0.3) is 0 Å².